The fourth-order valence-electron chi connectivity index (χ4n) is 4.43. The third-order valence-electron chi connectivity index (χ3n) is 5.69. The highest BCUT2D eigenvalue weighted by atomic mass is 35.5. The predicted octanol–water partition coefficient (Wildman–Crippen LogP) is 2.02. The van der Waals surface area contributed by atoms with E-state index in [0.29, 0.717) is 10.7 Å². The average Bonchev–Trinajstić information content (AvgIpc) is 3.33. The first kappa shape index (κ1) is 18.7. The summed E-state index contributed by atoms with van der Waals surface area (Å²) >= 11 is 5.85. The van der Waals surface area contributed by atoms with Gasteiger partial charge >= 0.3 is 5.97 Å². The first-order chi connectivity index (χ1) is 13.4. The van der Waals surface area contributed by atoms with Crippen LogP contribution >= 0.6 is 11.6 Å². The number of esters is 1. The van der Waals surface area contributed by atoms with Crippen LogP contribution in [0.25, 0.3) is 0 Å². The molecule has 7 nitrogen and oxygen atoms in total. The van der Waals surface area contributed by atoms with Crippen LogP contribution in [-0.4, -0.2) is 41.2 Å². The van der Waals surface area contributed by atoms with Gasteiger partial charge in [0, 0.05) is 10.7 Å². The van der Waals surface area contributed by atoms with Gasteiger partial charge in [-0.05, 0) is 43.4 Å². The third kappa shape index (κ3) is 3.09. The van der Waals surface area contributed by atoms with Crippen LogP contribution in [0.15, 0.2) is 36.4 Å². The van der Waals surface area contributed by atoms with Gasteiger partial charge in [-0.15, -0.1) is 0 Å². The van der Waals surface area contributed by atoms with Crippen LogP contribution in [0.5, 0.6) is 0 Å². The van der Waals surface area contributed by atoms with Gasteiger partial charge in [0.25, 0.3) is 5.91 Å². The maximum Gasteiger partial charge on any atom is 0.329 e. The van der Waals surface area contributed by atoms with Crippen LogP contribution in [0.3, 0.4) is 0 Å². The number of benzene rings is 1. The molecule has 2 aliphatic carbocycles. The molecule has 1 heterocycles. The van der Waals surface area contributed by atoms with Crippen LogP contribution in [0.4, 0.5) is 5.69 Å². The number of nitrogens with one attached hydrogen (secondary N) is 1. The van der Waals surface area contributed by atoms with Crippen molar-refractivity contribution in [2.45, 2.75) is 19.4 Å². The molecule has 28 heavy (non-hydrogen) atoms. The lowest BCUT2D eigenvalue weighted by molar-refractivity contribution is -0.159. The number of amides is 3. The molecule has 0 radical (unpaired) electrons. The summed E-state index contributed by atoms with van der Waals surface area (Å²) in [5, 5.41) is 3.02. The maximum atomic E-state index is 12.7. The van der Waals surface area contributed by atoms with Crippen molar-refractivity contribution in [2.24, 2.45) is 23.7 Å². The summed E-state index contributed by atoms with van der Waals surface area (Å²) < 4.78 is 5.02. The second-order valence-electron chi connectivity index (χ2n) is 7.39. The Morgan fingerprint density at radius 3 is 2.46 bits per heavy atom. The van der Waals surface area contributed by atoms with Gasteiger partial charge in [0.05, 0.1) is 11.8 Å². The topological polar surface area (TPSA) is 92.8 Å². The summed E-state index contributed by atoms with van der Waals surface area (Å²) in [6.07, 6.45) is 4.80. The minimum atomic E-state index is -1.07. The van der Waals surface area contributed by atoms with Crippen molar-refractivity contribution in [2.75, 3.05) is 11.9 Å². The van der Waals surface area contributed by atoms with Crippen molar-refractivity contribution in [3.63, 3.8) is 0 Å². The summed E-state index contributed by atoms with van der Waals surface area (Å²) in [6, 6.07) is 5.49. The quantitative estimate of drug-likeness (QED) is 0.462. The molecular weight excluding hydrogens is 384 g/mol. The lowest BCUT2D eigenvalue weighted by Gasteiger charge is -2.23. The van der Waals surface area contributed by atoms with Gasteiger partial charge in [-0.3, -0.25) is 19.3 Å². The fourth-order valence-corrected chi connectivity index (χ4v) is 4.62. The SMILES string of the molecule is C[C@@H](C(=O)OCC(=O)Nc1cccc(Cl)c1)N1C(=O)[C@@H]2[C@H](C1=O)[C@H]1C=C[C@H]2C1. The van der Waals surface area contributed by atoms with E-state index in [9.17, 15) is 19.2 Å². The number of carbonyl (C=O) groups excluding carboxylic acids is 4. The lowest BCUT2D eigenvalue weighted by atomic mass is 9.85. The van der Waals surface area contributed by atoms with E-state index < -0.39 is 24.5 Å². The third-order valence-corrected chi connectivity index (χ3v) is 5.92. The molecule has 1 saturated heterocycles. The number of fused-ring (bicyclic) bond motifs is 5. The molecule has 1 aromatic carbocycles. The number of anilines is 1. The summed E-state index contributed by atoms with van der Waals surface area (Å²) in [4.78, 5) is 50.8. The Balaban J connectivity index is 1.34. The molecule has 3 aliphatic rings. The van der Waals surface area contributed by atoms with E-state index in [4.69, 9.17) is 16.3 Å². The van der Waals surface area contributed by atoms with Gasteiger partial charge in [-0.1, -0.05) is 29.8 Å². The van der Waals surface area contributed by atoms with Gasteiger partial charge in [0.2, 0.25) is 11.8 Å². The number of nitrogens with zero attached hydrogens (tertiary/aromatic N) is 1. The molecule has 0 unspecified atom stereocenters. The van der Waals surface area contributed by atoms with Crippen LogP contribution in [0.1, 0.15) is 13.3 Å². The zero-order valence-electron chi connectivity index (χ0n) is 15.1. The molecule has 5 atom stereocenters. The number of carbonyl (C=O) groups is 4. The van der Waals surface area contributed by atoms with Crippen molar-refractivity contribution in [1.82, 2.24) is 4.90 Å². The molecular formula is C20H19ClN2O5. The van der Waals surface area contributed by atoms with Crippen LogP contribution in [-0.2, 0) is 23.9 Å². The Kier molecular flexibility index (Phi) is 4.71. The van der Waals surface area contributed by atoms with Gasteiger partial charge < -0.3 is 10.1 Å². The molecule has 146 valence electrons. The second-order valence-corrected chi connectivity index (χ2v) is 7.82. The predicted molar refractivity (Wildman–Crippen MR) is 100 cm³/mol. The van der Waals surface area contributed by atoms with Crippen LogP contribution in [0, 0.1) is 23.7 Å². The van der Waals surface area contributed by atoms with Crippen molar-refractivity contribution in [3.05, 3.63) is 41.4 Å². The molecule has 2 fully saturated rings. The largest absolute Gasteiger partial charge is 0.454 e. The van der Waals surface area contributed by atoms with E-state index in [1.807, 2.05) is 12.2 Å². The van der Waals surface area contributed by atoms with Gasteiger partial charge in [-0.2, -0.15) is 0 Å². The van der Waals surface area contributed by atoms with Gasteiger partial charge in [0.1, 0.15) is 6.04 Å². The number of rotatable bonds is 5. The number of hydrogen-bond donors (Lipinski definition) is 1. The van der Waals surface area contributed by atoms with E-state index in [1.165, 1.54) is 6.92 Å². The molecule has 2 bridgehead atoms. The zero-order valence-corrected chi connectivity index (χ0v) is 15.9. The monoisotopic (exact) mass is 402 g/mol. The Labute approximate surface area is 166 Å². The molecule has 1 saturated carbocycles. The Morgan fingerprint density at radius 1 is 1.21 bits per heavy atom. The molecule has 3 amide bonds. The molecule has 0 aromatic heterocycles. The van der Waals surface area contributed by atoms with E-state index in [2.05, 4.69) is 5.32 Å². The molecule has 0 spiro atoms. The number of imide groups is 1. The zero-order chi connectivity index (χ0) is 20.0. The summed E-state index contributed by atoms with van der Waals surface area (Å²) in [7, 11) is 0. The molecule has 1 aliphatic heterocycles. The number of hydrogen-bond acceptors (Lipinski definition) is 5. The highest BCUT2D eigenvalue weighted by Crippen LogP contribution is 2.52. The van der Waals surface area contributed by atoms with E-state index in [0.717, 1.165) is 11.3 Å². The van der Waals surface area contributed by atoms with Crippen molar-refractivity contribution in [3.8, 4) is 0 Å². The van der Waals surface area contributed by atoms with Gasteiger partial charge in [0.15, 0.2) is 6.61 Å². The minimum Gasteiger partial charge on any atom is -0.454 e. The summed E-state index contributed by atoms with van der Waals surface area (Å²) in [6.45, 7) is 0.926. The number of ether oxygens (including phenoxy) is 1. The first-order valence-corrected chi connectivity index (χ1v) is 9.52. The Morgan fingerprint density at radius 2 is 1.86 bits per heavy atom. The van der Waals surface area contributed by atoms with E-state index in [-0.39, 0.29) is 35.5 Å². The van der Waals surface area contributed by atoms with Gasteiger partial charge in [-0.25, -0.2) is 4.79 Å². The first-order valence-electron chi connectivity index (χ1n) is 9.14. The number of halogens is 1. The molecule has 4 rings (SSSR count). The lowest BCUT2D eigenvalue weighted by Crippen LogP contribution is -2.45. The molecule has 1 aromatic rings. The van der Waals surface area contributed by atoms with Crippen LogP contribution in [0.2, 0.25) is 5.02 Å². The number of allylic oxidation sites excluding steroid dienone is 2. The minimum absolute atomic E-state index is 0.0724. The molecule has 1 N–H and O–H groups in total. The molecule has 8 heteroatoms. The normalized spacial score (nSPS) is 28.4. The van der Waals surface area contributed by atoms with Crippen LogP contribution < -0.4 is 5.32 Å². The average molecular weight is 403 g/mol. The highest BCUT2D eigenvalue weighted by Gasteiger charge is 2.60. The standard InChI is InChI=1S/C20H19ClN2O5/c1-10(20(27)28-9-15(24)22-14-4-2-3-13(21)8-14)23-18(25)16-11-5-6-12(7-11)17(16)19(23)26/h2-6,8,10-12,16-17H,7,9H2,1H3,(H,22,24)/t10-,11-,12-,16-,17+/m0/s1. The van der Waals surface area contributed by atoms with Crippen molar-refractivity contribution in [1.29, 1.82) is 0 Å². The Hall–Kier alpha value is -2.67. The summed E-state index contributed by atoms with van der Waals surface area (Å²) in [5.41, 5.74) is 0.474. The van der Waals surface area contributed by atoms with Crippen molar-refractivity contribution < 1.29 is 23.9 Å². The smallest absolute Gasteiger partial charge is 0.329 e. The number of likely N-dealkylation sites (tertiary alicyclic amines) is 1. The summed E-state index contributed by atoms with van der Waals surface area (Å²) in [5.74, 6) is -2.57. The maximum absolute atomic E-state index is 12.7. The fraction of sp³-hybridized carbons (Fsp3) is 0.400. The van der Waals surface area contributed by atoms with Crippen molar-refractivity contribution >= 4 is 41.0 Å². The second kappa shape index (κ2) is 7.05. The van der Waals surface area contributed by atoms with E-state index in [1.54, 1.807) is 24.3 Å². The van der Waals surface area contributed by atoms with E-state index >= 15 is 0 Å². The Bertz CT molecular complexity index is 868. The highest BCUT2D eigenvalue weighted by molar-refractivity contribution is 6.30.